The van der Waals surface area contributed by atoms with Crippen molar-refractivity contribution in [2.75, 3.05) is 0 Å². The Morgan fingerprint density at radius 3 is 0.216 bits per heavy atom. The van der Waals surface area contributed by atoms with E-state index < -0.39 is 35.7 Å². The molecular weight excluding hydrogens is 1350 g/mol. The van der Waals surface area contributed by atoms with E-state index in [1.807, 2.05) is 0 Å². The number of hydrogen-bond donors (Lipinski definition) is 0. The van der Waals surface area contributed by atoms with Crippen LogP contribution in [-0.4, -0.2) is 0 Å². The second-order valence-electron chi connectivity index (χ2n) is 6.45. The molecule has 0 unspecified atom stereocenters. The van der Waals surface area contributed by atoms with Crippen molar-refractivity contribution in [3.05, 3.63) is 0 Å². The molecule has 258 valence electrons. The van der Waals surface area contributed by atoms with Crippen molar-refractivity contribution in [1.82, 2.24) is 0 Å². The summed E-state index contributed by atoms with van der Waals surface area (Å²) < 4.78 is 0. The summed E-state index contributed by atoms with van der Waals surface area (Å²) in [7, 11) is -22.5. The monoisotopic (exact) mass is 1350 g/mol. The number of hydrogen-bond acceptors (Lipinski definition) is 20. The van der Waals surface area contributed by atoms with Gasteiger partial charge in [0.25, 0.3) is 0 Å². The van der Waals surface area contributed by atoms with Gasteiger partial charge in [-0.05, 0) is 0 Å². The summed E-state index contributed by atoms with van der Waals surface area (Å²) in [5.74, 6) is 0. The zero-order chi connectivity index (χ0) is 39.8. The third kappa shape index (κ3) is 9.60. The number of halogens is 4. The molecule has 0 aliphatic carbocycles. The normalized spacial score (nSPS) is 13.5. The first-order valence-electron chi connectivity index (χ1n) is 8.54. The van der Waals surface area contributed by atoms with E-state index in [0.29, 0.717) is 0 Å². The third-order valence-electron chi connectivity index (χ3n) is 3.76. The van der Waals surface area contributed by atoms with Gasteiger partial charge < -0.3 is 0 Å². The summed E-state index contributed by atoms with van der Waals surface area (Å²) in [6.45, 7) is 0. The summed E-state index contributed by atoms with van der Waals surface area (Å²) in [5, 5.41) is 171. The van der Waals surface area contributed by atoms with Crippen molar-refractivity contribution >= 4 is 56.4 Å². The molecule has 0 bridgehead atoms. The van der Waals surface area contributed by atoms with Gasteiger partial charge in [-0.1, -0.05) is 0 Å². The van der Waals surface area contributed by atoms with Crippen LogP contribution in [0, 0.1) is 205 Å². The summed E-state index contributed by atoms with van der Waals surface area (Å²) in [6, 6.07) is 0. The first-order valence-corrected chi connectivity index (χ1v) is 30.5. The molecule has 0 saturated carbocycles. The van der Waals surface area contributed by atoms with E-state index in [1.165, 1.54) is 99.4 Å². The fourth-order valence-corrected chi connectivity index (χ4v) is 2.92. The van der Waals surface area contributed by atoms with E-state index in [-0.39, 0.29) is 63.2 Å². The Bertz CT molecular complexity index is 1780. The van der Waals surface area contributed by atoms with Gasteiger partial charge in [0.1, 0.15) is 0 Å². The van der Waals surface area contributed by atoms with Gasteiger partial charge in [-0.25, -0.2) is 0 Å². The maximum absolute atomic E-state index is 8.56. The minimum absolute atomic E-state index is 0. The molecular formula is C20Br4Fe4Mo3N20. The van der Waals surface area contributed by atoms with Gasteiger partial charge in [0.2, 0.25) is 0 Å². The molecule has 0 N–H and O–H groups in total. The summed E-state index contributed by atoms with van der Waals surface area (Å²) in [6.07, 6.45) is 0. The molecule has 0 saturated heterocycles. The number of nitriles is 20. The van der Waals surface area contributed by atoms with Crippen LogP contribution in [0.5, 0.6) is 0 Å². The molecule has 0 aliphatic rings. The fraction of sp³-hybridized carbons (Fsp3) is 0. The molecule has 51 heavy (non-hydrogen) atoms. The zero-order valence-corrected chi connectivity index (χ0v) is 39.9. The van der Waals surface area contributed by atoms with Gasteiger partial charge in [-0.3, -0.25) is 0 Å². The predicted octanol–water partition coefficient (Wildman–Crippen LogP) is 3.70. The van der Waals surface area contributed by atoms with E-state index in [1.54, 1.807) is 0 Å². The summed E-state index contributed by atoms with van der Waals surface area (Å²) >= 11 is 9.74. The predicted molar refractivity (Wildman–Crippen MR) is 148 cm³/mol. The minimum Gasteiger partial charge on any atom is 4.00 e. The maximum Gasteiger partial charge on any atom is 4.00 e. The number of nitrogens with zero attached hydrogens (tertiary/aromatic N) is 20. The maximum atomic E-state index is 8.56. The molecule has 0 aliphatic heterocycles. The molecule has 31 heteroatoms. The van der Waals surface area contributed by atoms with Crippen LogP contribution in [0.3, 0.4) is 0 Å². The molecule has 0 aromatic rings. The topological polar surface area (TPSA) is 476 Å². The molecule has 0 rings (SSSR count). The van der Waals surface area contributed by atoms with Crippen molar-refractivity contribution in [1.29, 1.82) is 105 Å². The second kappa shape index (κ2) is 16.0. The van der Waals surface area contributed by atoms with Crippen LogP contribution in [0.2, 0.25) is 0 Å². The minimum atomic E-state index is -5.62. The van der Waals surface area contributed by atoms with Crippen LogP contribution in [0.1, 0.15) is 0 Å². The van der Waals surface area contributed by atoms with Gasteiger partial charge in [0.05, 0.1) is 0 Å². The van der Waals surface area contributed by atoms with Gasteiger partial charge in [0.15, 0.2) is 0 Å². The van der Waals surface area contributed by atoms with Gasteiger partial charge in [-0.2, -0.15) is 0 Å². The molecule has 0 radical (unpaired) electrons. The largest absolute Gasteiger partial charge is 4.00 e. The second-order valence-corrected chi connectivity index (χ2v) is 49.7. The van der Waals surface area contributed by atoms with Crippen molar-refractivity contribution < 1.29 is 98.9 Å². The average molecular weight is 1350 g/mol. The van der Waals surface area contributed by atoms with Crippen LogP contribution >= 0.6 is 56.4 Å². The van der Waals surface area contributed by atoms with E-state index in [4.69, 9.17) is 105 Å². The zero-order valence-electron chi connectivity index (χ0n) is 23.1. The van der Waals surface area contributed by atoms with Gasteiger partial charge in [-0.15, -0.1) is 0 Å². The van der Waals surface area contributed by atoms with Crippen LogP contribution in [-0.2, 0) is 98.9 Å². The first kappa shape index (κ1) is 62.0. The molecule has 0 aromatic heterocycles. The quantitative estimate of drug-likeness (QED) is 0.312. The van der Waals surface area contributed by atoms with Crippen LogP contribution in [0.25, 0.3) is 0 Å². The van der Waals surface area contributed by atoms with Gasteiger partial charge >= 0.3 is 360 Å². The van der Waals surface area contributed by atoms with Gasteiger partial charge in [0, 0.05) is 0 Å². The number of rotatable bonds is 0. The standard InChI is InChI=1S/20CN.4BrH.4Fe.3Mo/c20*1-2;;;;;;;;;;;/h;;;;;;;;;;;;;;;;;;;;4*1H;;;;;;;/q;;;;;;;;;;;;;;;;;;;;;;;;4*-2;3*+4/p-4. The fourth-order valence-electron chi connectivity index (χ4n) is 0.707. The smallest absolute Gasteiger partial charge is 4.00 e. The summed E-state index contributed by atoms with van der Waals surface area (Å²) in [4.78, 5) is 24.4. The summed E-state index contributed by atoms with van der Waals surface area (Å²) in [5.41, 5.74) is 0. The molecule has 0 atom stereocenters. The Hall–Kier alpha value is -4.14. The van der Waals surface area contributed by atoms with Crippen LogP contribution in [0.4, 0.5) is 0 Å². The Morgan fingerprint density at radius 1 is 0.176 bits per heavy atom. The van der Waals surface area contributed by atoms with Crippen molar-refractivity contribution in [3.8, 4) is 99.4 Å². The molecule has 0 amide bonds. The molecule has 0 aromatic carbocycles. The van der Waals surface area contributed by atoms with Crippen molar-refractivity contribution in [2.45, 2.75) is 0 Å². The average Bonchev–Trinajstić information content (AvgIpc) is 3.19. The Kier molecular flexibility index (Phi) is 19.5. The first-order chi connectivity index (χ1) is 21.5. The van der Waals surface area contributed by atoms with E-state index in [0.717, 1.165) is 0 Å². The molecule has 20 nitrogen and oxygen atoms in total. The van der Waals surface area contributed by atoms with Crippen LogP contribution in [0.15, 0.2) is 0 Å². The van der Waals surface area contributed by atoms with E-state index in [2.05, 4.69) is 56.4 Å². The van der Waals surface area contributed by atoms with Crippen molar-refractivity contribution in [3.63, 3.8) is 0 Å². The van der Waals surface area contributed by atoms with E-state index in [9.17, 15) is 0 Å². The molecule has 0 spiro atoms. The SMILES string of the molecule is N#[C][Fe-3]([Br])([C]#N)([C]#N)([C]#N)[C]#N.N#[C][Fe-3]([Br])([C]#N)([C]#N)([C]#N)[C]#N.N#[C][Fe-3]([Br])([C]#N)([C]#N)([C]#N)[C]#N.N#[C][Fe-3]([Br])([C]#N)([C]#N)([C]#N)[C]#N.[Mo+4].[Mo+4].[Mo+4]. The van der Waals surface area contributed by atoms with Crippen molar-refractivity contribution in [2.24, 2.45) is 0 Å². The van der Waals surface area contributed by atoms with Crippen LogP contribution < -0.4 is 0 Å². The Morgan fingerprint density at radius 2 is 0.216 bits per heavy atom. The third-order valence-corrected chi connectivity index (χ3v) is 25.8. The molecule has 0 fully saturated rings. The molecule has 0 heterocycles. The Labute approximate surface area is 354 Å². The van der Waals surface area contributed by atoms with E-state index >= 15 is 0 Å². The Balaban J connectivity index is -0.0000000993.